The standard InChI is InChI=1S/C22H18N3P/c1-4-10-18(11-5-1)21-16-17-23-22(24-21)25-26(19-12-6-2-7-13-19)20-14-8-3-9-15-20/h1-17H,(H,23,24,25). The number of rotatable bonds is 5. The molecule has 0 spiro atoms. The molecule has 0 bridgehead atoms. The molecule has 3 nitrogen and oxygen atoms in total. The second kappa shape index (κ2) is 7.90. The van der Waals surface area contributed by atoms with Gasteiger partial charge in [0, 0.05) is 22.4 Å². The van der Waals surface area contributed by atoms with Crippen molar-refractivity contribution >= 4 is 24.6 Å². The average molecular weight is 355 g/mol. The highest BCUT2D eigenvalue weighted by molar-refractivity contribution is 7.74. The first-order chi connectivity index (χ1) is 12.9. The molecular weight excluding hydrogens is 337 g/mol. The second-order valence-electron chi connectivity index (χ2n) is 5.75. The number of aromatic nitrogens is 2. The number of hydrogen-bond acceptors (Lipinski definition) is 3. The molecule has 0 aliphatic rings. The number of nitrogens with one attached hydrogen (secondary N) is 1. The summed E-state index contributed by atoms with van der Waals surface area (Å²) >= 11 is 0. The lowest BCUT2D eigenvalue weighted by Crippen LogP contribution is -2.18. The molecule has 1 N–H and O–H groups in total. The van der Waals surface area contributed by atoms with E-state index in [1.165, 1.54) is 10.6 Å². The van der Waals surface area contributed by atoms with E-state index in [1.807, 2.05) is 36.4 Å². The molecule has 0 fully saturated rings. The summed E-state index contributed by atoms with van der Waals surface area (Å²) in [4.78, 5) is 9.18. The number of hydrogen-bond donors (Lipinski definition) is 1. The third-order valence-electron chi connectivity index (χ3n) is 3.97. The van der Waals surface area contributed by atoms with Gasteiger partial charge >= 0.3 is 0 Å². The molecule has 0 aliphatic carbocycles. The summed E-state index contributed by atoms with van der Waals surface area (Å²) in [7, 11) is -0.783. The van der Waals surface area contributed by atoms with Gasteiger partial charge in [0.2, 0.25) is 5.95 Å². The van der Waals surface area contributed by atoms with Crippen LogP contribution in [0.2, 0.25) is 0 Å². The van der Waals surface area contributed by atoms with Gasteiger partial charge < -0.3 is 5.09 Å². The van der Waals surface area contributed by atoms with Crippen LogP contribution in [0.3, 0.4) is 0 Å². The largest absolute Gasteiger partial charge is 0.325 e. The van der Waals surface area contributed by atoms with E-state index in [-0.39, 0.29) is 0 Å². The fourth-order valence-corrected chi connectivity index (χ4v) is 4.52. The van der Waals surface area contributed by atoms with Gasteiger partial charge in [-0.1, -0.05) is 91.0 Å². The summed E-state index contributed by atoms with van der Waals surface area (Å²) in [6.07, 6.45) is 1.81. The van der Waals surface area contributed by atoms with Crippen molar-refractivity contribution in [2.45, 2.75) is 0 Å². The van der Waals surface area contributed by atoms with Crippen LogP contribution in [0.15, 0.2) is 103 Å². The van der Waals surface area contributed by atoms with Crippen LogP contribution < -0.4 is 15.7 Å². The van der Waals surface area contributed by atoms with Gasteiger partial charge in [0.1, 0.15) is 0 Å². The van der Waals surface area contributed by atoms with Crippen LogP contribution in [0.5, 0.6) is 0 Å². The van der Waals surface area contributed by atoms with Crippen LogP contribution in [0.4, 0.5) is 5.95 Å². The molecule has 0 saturated heterocycles. The number of nitrogens with zero attached hydrogens (tertiary/aromatic N) is 2. The molecule has 26 heavy (non-hydrogen) atoms. The number of benzene rings is 3. The van der Waals surface area contributed by atoms with Crippen molar-refractivity contribution in [3.05, 3.63) is 103 Å². The Balaban J connectivity index is 1.69. The van der Waals surface area contributed by atoms with Crippen molar-refractivity contribution < 1.29 is 0 Å². The highest BCUT2D eigenvalue weighted by Gasteiger charge is 2.15. The zero-order chi connectivity index (χ0) is 17.6. The van der Waals surface area contributed by atoms with Gasteiger partial charge in [-0.15, -0.1) is 0 Å². The molecule has 4 heteroatoms. The van der Waals surface area contributed by atoms with Gasteiger partial charge in [0.15, 0.2) is 0 Å². The maximum absolute atomic E-state index is 4.73. The normalized spacial score (nSPS) is 10.7. The van der Waals surface area contributed by atoms with Crippen molar-refractivity contribution in [3.8, 4) is 11.3 Å². The summed E-state index contributed by atoms with van der Waals surface area (Å²) in [5, 5.41) is 6.04. The Morgan fingerprint density at radius 1 is 0.615 bits per heavy atom. The van der Waals surface area contributed by atoms with Crippen LogP contribution in [-0.2, 0) is 0 Å². The first kappa shape index (κ1) is 16.4. The molecule has 0 atom stereocenters. The monoisotopic (exact) mass is 355 g/mol. The summed E-state index contributed by atoms with van der Waals surface area (Å²) in [5.74, 6) is 0.644. The van der Waals surface area contributed by atoms with E-state index >= 15 is 0 Å². The van der Waals surface area contributed by atoms with Gasteiger partial charge in [-0.2, -0.15) is 0 Å². The molecule has 3 aromatic carbocycles. The van der Waals surface area contributed by atoms with E-state index in [4.69, 9.17) is 4.98 Å². The van der Waals surface area contributed by atoms with Crippen molar-refractivity contribution in [2.75, 3.05) is 5.09 Å². The molecule has 0 aliphatic heterocycles. The molecule has 0 amide bonds. The zero-order valence-electron chi connectivity index (χ0n) is 14.2. The SMILES string of the molecule is c1ccc(-c2ccnc(NP(c3ccccc3)c3ccccc3)n2)cc1. The quantitative estimate of drug-likeness (QED) is 0.532. The van der Waals surface area contributed by atoms with E-state index in [0.29, 0.717) is 5.95 Å². The van der Waals surface area contributed by atoms with Crippen molar-refractivity contribution in [1.29, 1.82) is 0 Å². The van der Waals surface area contributed by atoms with Gasteiger partial charge in [-0.25, -0.2) is 9.97 Å². The van der Waals surface area contributed by atoms with E-state index in [2.05, 4.69) is 70.7 Å². The zero-order valence-corrected chi connectivity index (χ0v) is 15.1. The van der Waals surface area contributed by atoms with Crippen molar-refractivity contribution in [1.82, 2.24) is 9.97 Å². The summed E-state index contributed by atoms with van der Waals surface area (Å²) in [6.45, 7) is 0. The average Bonchev–Trinajstić information content (AvgIpc) is 2.74. The molecule has 4 aromatic rings. The molecule has 0 saturated carbocycles. The maximum Gasteiger partial charge on any atom is 0.226 e. The van der Waals surface area contributed by atoms with Gasteiger partial charge in [0.25, 0.3) is 0 Å². The summed E-state index contributed by atoms with van der Waals surface area (Å²) in [6, 6.07) is 33.0. The van der Waals surface area contributed by atoms with Crippen molar-refractivity contribution in [3.63, 3.8) is 0 Å². The van der Waals surface area contributed by atoms with Crippen LogP contribution in [0.1, 0.15) is 0 Å². The molecule has 126 valence electrons. The highest BCUT2D eigenvalue weighted by atomic mass is 31.1. The lowest BCUT2D eigenvalue weighted by molar-refractivity contribution is 1.19. The summed E-state index contributed by atoms with van der Waals surface area (Å²) in [5.41, 5.74) is 2.00. The Morgan fingerprint density at radius 3 is 1.73 bits per heavy atom. The molecular formula is C22H18N3P. The van der Waals surface area contributed by atoms with Crippen LogP contribution in [-0.4, -0.2) is 9.97 Å². The van der Waals surface area contributed by atoms with E-state index in [1.54, 1.807) is 6.20 Å². The number of anilines is 1. The van der Waals surface area contributed by atoms with Gasteiger partial charge in [-0.05, 0) is 6.07 Å². The minimum Gasteiger partial charge on any atom is -0.325 e. The molecule has 0 unspecified atom stereocenters. The third-order valence-corrected chi connectivity index (χ3v) is 6.02. The summed E-state index contributed by atoms with van der Waals surface area (Å²) < 4.78 is 0. The Kier molecular flexibility index (Phi) is 5.00. The predicted octanol–water partition coefficient (Wildman–Crippen LogP) is 4.60. The topological polar surface area (TPSA) is 37.8 Å². The van der Waals surface area contributed by atoms with Crippen molar-refractivity contribution in [2.24, 2.45) is 0 Å². The van der Waals surface area contributed by atoms with E-state index < -0.39 is 8.07 Å². The molecule has 1 heterocycles. The minimum atomic E-state index is -0.783. The van der Waals surface area contributed by atoms with Gasteiger partial charge in [0.05, 0.1) is 13.8 Å². The second-order valence-corrected chi connectivity index (χ2v) is 7.68. The fourth-order valence-electron chi connectivity index (χ4n) is 2.71. The molecule has 0 radical (unpaired) electrons. The highest BCUT2D eigenvalue weighted by Crippen LogP contribution is 2.33. The Bertz CT molecular complexity index is 921. The Morgan fingerprint density at radius 2 is 1.15 bits per heavy atom. The van der Waals surface area contributed by atoms with Crippen LogP contribution in [0, 0.1) is 0 Å². The maximum atomic E-state index is 4.73. The first-order valence-electron chi connectivity index (χ1n) is 8.45. The lowest BCUT2D eigenvalue weighted by atomic mass is 10.1. The first-order valence-corrected chi connectivity index (χ1v) is 9.80. The van der Waals surface area contributed by atoms with Gasteiger partial charge in [-0.3, -0.25) is 0 Å². The fraction of sp³-hybridized carbons (Fsp3) is 0. The minimum absolute atomic E-state index is 0.644. The smallest absolute Gasteiger partial charge is 0.226 e. The third kappa shape index (κ3) is 3.79. The van der Waals surface area contributed by atoms with E-state index in [9.17, 15) is 0 Å². The van der Waals surface area contributed by atoms with E-state index in [0.717, 1.165) is 11.3 Å². The Hall–Kier alpha value is -3.03. The molecule has 1 aromatic heterocycles. The predicted molar refractivity (Wildman–Crippen MR) is 110 cm³/mol. The lowest BCUT2D eigenvalue weighted by Gasteiger charge is -2.19. The molecule has 4 rings (SSSR count). The van der Waals surface area contributed by atoms with Crippen LogP contribution >= 0.6 is 8.07 Å². The van der Waals surface area contributed by atoms with Crippen LogP contribution in [0.25, 0.3) is 11.3 Å². The Labute approximate surface area is 154 Å².